The largest absolute Gasteiger partial charge is 0.354 e. The monoisotopic (exact) mass is 743 g/mol. The molecule has 0 radical (unpaired) electrons. The summed E-state index contributed by atoms with van der Waals surface area (Å²) in [7, 11) is -4.19. The number of halogens is 3. The Labute approximate surface area is 289 Å². The highest BCUT2D eigenvalue weighted by Crippen LogP contribution is 2.28. The SMILES string of the molecule is Cc1ccc(S(=O)(=O)N(CC(=O)N(Cc2ccc(Cl)c(Cl)c2)[C@@H](Cc2ccccc2)C(=O)NCC(C)C)c2ccc(Br)cc2)cc1. The second kappa shape index (κ2) is 16.0. The van der Waals surface area contributed by atoms with Gasteiger partial charge in [-0.3, -0.25) is 13.9 Å². The first-order chi connectivity index (χ1) is 21.8. The maximum absolute atomic E-state index is 14.5. The fourth-order valence-corrected chi connectivity index (χ4v) is 6.78. The van der Waals surface area contributed by atoms with E-state index in [9.17, 15) is 18.0 Å². The van der Waals surface area contributed by atoms with Crippen molar-refractivity contribution in [1.29, 1.82) is 0 Å². The van der Waals surface area contributed by atoms with Crippen LogP contribution in [0.1, 0.15) is 30.5 Å². The molecule has 2 amide bonds. The molecule has 0 aromatic heterocycles. The number of carbonyl (C=O) groups excluding carboxylic acids is 2. The lowest BCUT2D eigenvalue weighted by Gasteiger charge is -2.34. The van der Waals surface area contributed by atoms with E-state index in [0.29, 0.717) is 27.8 Å². The number of nitrogens with one attached hydrogen (secondary N) is 1. The van der Waals surface area contributed by atoms with Crippen molar-refractivity contribution in [2.45, 2.75) is 44.7 Å². The summed E-state index contributed by atoms with van der Waals surface area (Å²) in [5.41, 5.74) is 2.68. The van der Waals surface area contributed by atoms with Crippen LogP contribution >= 0.6 is 39.1 Å². The molecule has 0 heterocycles. The second-order valence-electron chi connectivity index (χ2n) is 11.4. The summed E-state index contributed by atoms with van der Waals surface area (Å²) in [6, 6.07) is 26.6. The van der Waals surface area contributed by atoms with Crippen LogP contribution in [0.3, 0.4) is 0 Å². The zero-order valence-corrected chi connectivity index (χ0v) is 29.7. The van der Waals surface area contributed by atoms with Crippen LogP contribution in [-0.4, -0.2) is 44.3 Å². The van der Waals surface area contributed by atoms with Crippen LogP contribution in [0.2, 0.25) is 10.0 Å². The van der Waals surface area contributed by atoms with E-state index in [1.54, 1.807) is 54.6 Å². The average molecular weight is 746 g/mol. The highest BCUT2D eigenvalue weighted by atomic mass is 79.9. The van der Waals surface area contributed by atoms with Crippen LogP contribution in [0.4, 0.5) is 5.69 Å². The highest BCUT2D eigenvalue weighted by molar-refractivity contribution is 9.10. The van der Waals surface area contributed by atoms with Crippen LogP contribution < -0.4 is 9.62 Å². The van der Waals surface area contributed by atoms with Crippen molar-refractivity contribution in [1.82, 2.24) is 10.2 Å². The Hall–Kier alpha value is -3.37. The lowest BCUT2D eigenvalue weighted by Crippen LogP contribution is -2.53. The highest BCUT2D eigenvalue weighted by Gasteiger charge is 2.34. The number of amides is 2. The van der Waals surface area contributed by atoms with Crippen molar-refractivity contribution in [3.63, 3.8) is 0 Å². The Balaban J connectivity index is 1.81. The molecule has 0 spiro atoms. The van der Waals surface area contributed by atoms with Gasteiger partial charge >= 0.3 is 0 Å². The molecule has 1 N–H and O–H groups in total. The molecular weight excluding hydrogens is 709 g/mol. The molecule has 4 rings (SSSR count). The van der Waals surface area contributed by atoms with E-state index in [-0.39, 0.29) is 29.7 Å². The first-order valence-electron chi connectivity index (χ1n) is 14.7. The van der Waals surface area contributed by atoms with Gasteiger partial charge < -0.3 is 10.2 Å². The molecule has 7 nitrogen and oxygen atoms in total. The molecule has 46 heavy (non-hydrogen) atoms. The van der Waals surface area contributed by atoms with Crippen molar-refractivity contribution in [3.8, 4) is 0 Å². The van der Waals surface area contributed by atoms with Crippen molar-refractivity contribution < 1.29 is 18.0 Å². The normalized spacial score (nSPS) is 12.1. The maximum Gasteiger partial charge on any atom is 0.264 e. The molecule has 0 saturated heterocycles. The standard InChI is InChI=1S/C35H36BrCl2N3O4S/c1-24(2)21-39-35(43)33(20-26-7-5-4-6-8-26)40(22-27-11-18-31(37)32(38)19-27)34(42)23-41(29-14-12-28(36)13-15-29)46(44,45)30-16-9-25(3)10-17-30/h4-19,24,33H,20-23H2,1-3H3,(H,39,43)/t33-/m0/s1. The molecule has 242 valence electrons. The minimum Gasteiger partial charge on any atom is -0.354 e. The van der Waals surface area contributed by atoms with E-state index in [2.05, 4.69) is 21.2 Å². The Morgan fingerprint density at radius 3 is 2.11 bits per heavy atom. The molecular formula is C35H36BrCl2N3O4S. The lowest BCUT2D eigenvalue weighted by atomic mass is 10.0. The number of hydrogen-bond donors (Lipinski definition) is 1. The number of nitrogens with zero attached hydrogens (tertiary/aromatic N) is 2. The summed E-state index contributed by atoms with van der Waals surface area (Å²) in [4.78, 5) is 29.9. The molecule has 0 bridgehead atoms. The van der Waals surface area contributed by atoms with Crippen LogP contribution in [0.15, 0.2) is 106 Å². The number of sulfonamides is 1. The molecule has 0 aliphatic rings. The zero-order chi connectivity index (χ0) is 33.4. The van der Waals surface area contributed by atoms with Gasteiger partial charge in [-0.25, -0.2) is 8.42 Å². The van der Waals surface area contributed by atoms with Crippen LogP contribution in [-0.2, 0) is 32.6 Å². The van der Waals surface area contributed by atoms with E-state index in [1.165, 1.54) is 17.0 Å². The summed E-state index contributed by atoms with van der Waals surface area (Å²) in [6.07, 6.45) is 0.209. The topological polar surface area (TPSA) is 86.8 Å². The number of rotatable bonds is 13. The first-order valence-corrected chi connectivity index (χ1v) is 17.7. The van der Waals surface area contributed by atoms with Crippen molar-refractivity contribution in [2.24, 2.45) is 5.92 Å². The lowest BCUT2D eigenvalue weighted by molar-refractivity contribution is -0.140. The summed E-state index contributed by atoms with van der Waals surface area (Å²) < 4.78 is 30.1. The number of hydrogen-bond acceptors (Lipinski definition) is 4. The third kappa shape index (κ3) is 9.35. The van der Waals surface area contributed by atoms with E-state index in [0.717, 1.165) is 19.9 Å². The summed E-state index contributed by atoms with van der Waals surface area (Å²) >= 11 is 15.9. The summed E-state index contributed by atoms with van der Waals surface area (Å²) in [6.45, 7) is 5.67. The summed E-state index contributed by atoms with van der Waals surface area (Å²) in [5, 5.41) is 3.63. The van der Waals surface area contributed by atoms with Gasteiger partial charge in [0, 0.05) is 24.0 Å². The van der Waals surface area contributed by atoms with Crippen molar-refractivity contribution in [2.75, 3.05) is 17.4 Å². The minimum atomic E-state index is -4.19. The predicted octanol–water partition coefficient (Wildman–Crippen LogP) is 7.67. The molecule has 4 aromatic carbocycles. The third-order valence-corrected chi connectivity index (χ3v) is 10.4. The van der Waals surface area contributed by atoms with Gasteiger partial charge in [0.15, 0.2) is 0 Å². The molecule has 0 unspecified atom stereocenters. The van der Waals surface area contributed by atoms with Crippen LogP contribution in [0.25, 0.3) is 0 Å². The van der Waals surface area contributed by atoms with E-state index >= 15 is 0 Å². The summed E-state index contributed by atoms with van der Waals surface area (Å²) in [5.74, 6) is -0.735. The fourth-order valence-electron chi connectivity index (χ4n) is 4.78. The Kier molecular flexibility index (Phi) is 12.3. The predicted molar refractivity (Wildman–Crippen MR) is 189 cm³/mol. The van der Waals surface area contributed by atoms with Crippen molar-refractivity contribution >= 4 is 66.7 Å². The second-order valence-corrected chi connectivity index (χ2v) is 15.0. The Morgan fingerprint density at radius 1 is 0.848 bits per heavy atom. The van der Waals surface area contributed by atoms with Crippen LogP contribution in [0.5, 0.6) is 0 Å². The van der Waals surface area contributed by atoms with Gasteiger partial charge in [-0.2, -0.15) is 0 Å². The van der Waals surface area contributed by atoms with Gasteiger partial charge in [-0.05, 0) is 72.5 Å². The molecule has 0 aliphatic carbocycles. The molecule has 1 atom stereocenters. The minimum absolute atomic E-state index is 0.0128. The Bertz CT molecular complexity index is 1750. The van der Waals surface area contributed by atoms with Crippen molar-refractivity contribution in [3.05, 3.63) is 128 Å². The first kappa shape index (κ1) is 35.5. The van der Waals surface area contributed by atoms with Gasteiger partial charge in [-0.1, -0.05) is 107 Å². The molecule has 4 aromatic rings. The zero-order valence-electron chi connectivity index (χ0n) is 25.8. The Morgan fingerprint density at radius 2 is 1.50 bits per heavy atom. The number of aryl methyl sites for hydroxylation is 1. The van der Waals surface area contributed by atoms with Crippen LogP contribution in [0, 0.1) is 12.8 Å². The molecule has 0 fully saturated rings. The third-order valence-electron chi connectivity index (χ3n) is 7.30. The number of benzene rings is 4. The van der Waals surface area contributed by atoms with Gasteiger partial charge in [0.2, 0.25) is 11.8 Å². The van der Waals surface area contributed by atoms with Gasteiger partial charge in [0.1, 0.15) is 12.6 Å². The molecule has 11 heteroatoms. The van der Waals surface area contributed by atoms with Gasteiger partial charge in [0.25, 0.3) is 10.0 Å². The fraction of sp³-hybridized carbons (Fsp3) is 0.257. The number of anilines is 1. The van der Waals surface area contributed by atoms with E-state index < -0.39 is 28.5 Å². The maximum atomic E-state index is 14.5. The average Bonchev–Trinajstić information content (AvgIpc) is 3.03. The quantitative estimate of drug-likeness (QED) is 0.152. The smallest absolute Gasteiger partial charge is 0.264 e. The van der Waals surface area contributed by atoms with Gasteiger partial charge in [0.05, 0.1) is 20.6 Å². The molecule has 0 aliphatic heterocycles. The van der Waals surface area contributed by atoms with E-state index in [4.69, 9.17) is 23.2 Å². The number of carbonyl (C=O) groups is 2. The van der Waals surface area contributed by atoms with Gasteiger partial charge in [-0.15, -0.1) is 0 Å². The van der Waals surface area contributed by atoms with E-state index in [1.807, 2.05) is 51.1 Å². The molecule has 0 saturated carbocycles.